The highest BCUT2D eigenvalue weighted by atomic mass is 32.2. The summed E-state index contributed by atoms with van der Waals surface area (Å²) < 4.78 is 25.5. The molecule has 108 valence electrons. The lowest BCUT2D eigenvalue weighted by atomic mass is 10.2. The molecule has 0 aliphatic heterocycles. The van der Waals surface area contributed by atoms with Crippen LogP contribution in [-0.4, -0.2) is 34.3 Å². The van der Waals surface area contributed by atoms with Crippen LogP contribution < -0.4 is 0 Å². The molecular weight excluding hydrogens is 290 g/mol. The fraction of sp³-hybridized carbons (Fsp3) is 0.143. The molecule has 7 heteroatoms. The number of aromatic hydroxyl groups is 1. The van der Waals surface area contributed by atoms with E-state index in [1.54, 1.807) is 36.0 Å². The number of rotatable bonds is 2. The maximum atomic E-state index is 11.9. The molecule has 21 heavy (non-hydrogen) atoms. The van der Waals surface area contributed by atoms with Crippen LogP contribution in [0.1, 0.15) is 0 Å². The van der Waals surface area contributed by atoms with Crippen molar-refractivity contribution >= 4 is 20.9 Å². The highest BCUT2D eigenvalue weighted by molar-refractivity contribution is 7.91. The van der Waals surface area contributed by atoms with Crippen LogP contribution in [0.25, 0.3) is 22.4 Å². The SMILES string of the molecule is Cn1c(-c2ccncc2O)nc2c(S(C)(=O)=O)cccc21. The molecule has 1 aromatic carbocycles. The van der Waals surface area contributed by atoms with Crippen LogP contribution in [0.4, 0.5) is 0 Å². The van der Waals surface area contributed by atoms with Crippen molar-refractivity contribution in [1.29, 1.82) is 0 Å². The van der Waals surface area contributed by atoms with Gasteiger partial charge in [-0.05, 0) is 18.2 Å². The number of hydrogen-bond donors (Lipinski definition) is 1. The molecule has 2 aromatic heterocycles. The van der Waals surface area contributed by atoms with E-state index >= 15 is 0 Å². The fourth-order valence-electron chi connectivity index (χ4n) is 2.30. The van der Waals surface area contributed by atoms with Crippen LogP contribution in [0.5, 0.6) is 5.75 Å². The first kappa shape index (κ1) is 13.6. The summed E-state index contributed by atoms with van der Waals surface area (Å²) in [5.41, 5.74) is 1.58. The van der Waals surface area contributed by atoms with Gasteiger partial charge in [-0.1, -0.05) is 6.07 Å². The second-order valence-electron chi connectivity index (χ2n) is 4.78. The van der Waals surface area contributed by atoms with Crippen molar-refractivity contribution in [3.8, 4) is 17.1 Å². The van der Waals surface area contributed by atoms with Gasteiger partial charge in [0.2, 0.25) is 0 Å². The minimum atomic E-state index is -3.38. The molecule has 0 bridgehead atoms. The van der Waals surface area contributed by atoms with Gasteiger partial charge in [0, 0.05) is 19.5 Å². The van der Waals surface area contributed by atoms with Gasteiger partial charge < -0.3 is 9.67 Å². The third-order valence-electron chi connectivity index (χ3n) is 3.31. The van der Waals surface area contributed by atoms with E-state index in [4.69, 9.17) is 0 Å². The summed E-state index contributed by atoms with van der Waals surface area (Å²) in [6, 6.07) is 6.63. The zero-order valence-electron chi connectivity index (χ0n) is 11.5. The van der Waals surface area contributed by atoms with E-state index in [-0.39, 0.29) is 10.6 Å². The van der Waals surface area contributed by atoms with E-state index in [2.05, 4.69) is 9.97 Å². The standard InChI is InChI=1S/C14H13N3O3S/c1-17-10-4-3-5-12(21(2,19)20)13(10)16-14(17)9-6-7-15-8-11(9)18/h3-8,18H,1-2H3. The van der Waals surface area contributed by atoms with Gasteiger partial charge in [0.25, 0.3) is 0 Å². The molecule has 0 aliphatic carbocycles. The molecule has 0 aliphatic rings. The van der Waals surface area contributed by atoms with Crippen LogP contribution in [0, 0.1) is 0 Å². The van der Waals surface area contributed by atoms with Gasteiger partial charge in [-0.2, -0.15) is 0 Å². The van der Waals surface area contributed by atoms with Crippen molar-refractivity contribution in [2.24, 2.45) is 7.05 Å². The van der Waals surface area contributed by atoms with Gasteiger partial charge in [0.15, 0.2) is 9.84 Å². The summed E-state index contributed by atoms with van der Waals surface area (Å²) in [5.74, 6) is 0.484. The summed E-state index contributed by atoms with van der Waals surface area (Å²) in [6.45, 7) is 0. The first-order valence-electron chi connectivity index (χ1n) is 6.18. The Labute approximate surface area is 121 Å². The van der Waals surface area contributed by atoms with Crippen molar-refractivity contribution in [3.63, 3.8) is 0 Å². The Morgan fingerprint density at radius 2 is 2.00 bits per heavy atom. The van der Waals surface area contributed by atoms with Crippen molar-refractivity contribution in [1.82, 2.24) is 14.5 Å². The summed E-state index contributed by atoms with van der Waals surface area (Å²) in [4.78, 5) is 8.41. The first-order valence-corrected chi connectivity index (χ1v) is 8.07. The highest BCUT2D eigenvalue weighted by Gasteiger charge is 2.19. The van der Waals surface area contributed by atoms with Crippen LogP contribution in [0.15, 0.2) is 41.6 Å². The molecule has 0 radical (unpaired) electrons. The first-order chi connectivity index (χ1) is 9.89. The molecular formula is C14H13N3O3S. The normalized spacial score (nSPS) is 11.9. The lowest BCUT2D eigenvalue weighted by molar-refractivity contribution is 0.474. The number of benzene rings is 1. The molecule has 2 heterocycles. The third kappa shape index (κ3) is 2.15. The van der Waals surface area contributed by atoms with E-state index < -0.39 is 9.84 Å². The predicted octanol–water partition coefficient (Wildman–Crippen LogP) is 1.74. The molecule has 1 N–H and O–H groups in total. The number of aromatic nitrogens is 3. The average molecular weight is 303 g/mol. The minimum Gasteiger partial charge on any atom is -0.506 e. The summed E-state index contributed by atoms with van der Waals surface area (Å²) in [5, 5.41) is 9.91. The topological polar surface area (TPSA) is 85.1 Å². The van der Waals surface area contributed by atoms with Gasteiger partial charge >= 0.3 is 0 Å². The molecule has 0 fully saturated rings. The van der Waals surface area contributed by atoms with Gasteiger partial charge in [-0.3, -0.25) is 4.98 Å². The van der Waals surface area contributed by atoms with Crippen LogP contribution in [0.2, 0.25) is 0 Å². The zero-order chi connectivity index (χ0) is 15.2. The molecule has 0 atom stereocenters. The van der Waals surface area contributed by atoms with E-state index in [0.29, 0.717) is 22.4 Å². The quantitative estimate of drug-likeness (QED) is 0.779. The molecule has 0 unspecified atom stereocenters. The Morgan fingerprint density at radius 3 is 2.67 bits per heavy atom. The molecule has 3 rings (SSSR count). The Balaban J connectivity index is 2.38. The highest BCUT2D eigenvalue weighted by Crippen LogP contribution is 2.31. The fourth-order valence-corrected chi connectivity index (χ4v) is 3.13. The summed E-state index contributed by atoms with van der Waals surface area (Å²) >= 11 is 0. The molecule has 3 aromatic rings. The Kier molecular flexibility index (Phi) is 2.94. The van der Waals surface area contributed by atoms with Gasteiger partial charge in [-0.15, -0.1) is 0 Å². The van der Waals surface area contributed by atoms with Crippen molar-refractivity contribution in [2.75, 3.05) is 6.26 Å². The second kappa shape index (κ2) is 4.56. The number of aryl methyl sites for hydroxylation is 1. The lowest BCUT2D eigenvalue weighted by Gasteiger charge is -2.03. The van der Waals surface area contributed by atoms with Crippen LogP contribution in [0.3, 0.4) is 0 Å². The number of para-hydroxylation sites is 1. The predicted molar refractivity (Wildman–Crippen MR) is 78.7 cm³/mol. The molecule has 0 saturated carbocycles. The van der Waals surface area contributed by atoms with Gasteiger partial charge in [0.05, 0.1) is 22.2 Å². The summed E-state index contributed by atoms with van der Waals surface area (Å²) in [6.07, 6.45) is 4.03. The van der Waals surface area contributed by atoms with Crippen molar-refractivity contribution in [3.05, 3.63) is 36.7 Å². The number of fused-ring (bicyclic) bond motifs is 1. The average Bonchev–Trinajstić information content (AvgIpc) is 2.76. The monoisotopic (exact) mass is 303 g/mol. The van der Waals surface area contributed by atoms with E-state index in [1.807, 2.05) is 0 Å². The zero-order valence-corrected chi connectivity index (χ0v) is 12.3. The molecule has 0 saturated heterocycles. The maximum Gasteiger partial charge on any atom is 0.177 e. The van der Waals surface area contributed by atoms with E-state index in [1.165, 1.54) is 12.3 Å². The molecule has 0 amide bonds. The number of sulfone groups is 1. The van der Waals surface area contributed by atoms with E-state index in [0.717, 1.165) is 6.26 Å². The minimum absolute atomic E-state index is 0.00295. The molecule has 0 spiro atoms. The Bertz CT molecular complexity index is 945. The number of pyridine rings is 1. The van der Waals surface area contributed by atoms with Crippen LogP contribution in [-0.2, 0) is 16.9 Å². The van der Waals surface area contributed by atoms with E-state index in [9.17, 15) is 13.5 Å². The van der Waals surface area contributed by atoms with Gasteiger partial charge in [0.1, 0.15) is 17.1 Å². The summed E-state index contributed by atoms with van der Waals surface area (Å²) in [7, 11) is -1.60. The lowest BCUT2D eigenvalue weighted by Crippen LogP contribution is -1.98. The van der Waals surface area contributed by atoms with Gasteiger partial charge in [-0.25, -0.2) is 13.4 Å². The third-order valence-corrected chi connectivity index (χ3v) is 4.44. The number of hydrogen-bond acceptors (Lipinski definition) is 5. The van der Waals surface area contributed by atoms with Crippen molar-refractivity contribution in [2.45, 2.75) is 4.90 Å². The smallest absolute Gasteiger partial charge is 0.177 e. The van der Waals surface area contributed by atoms with Crippen molar-refractivity contribution < 1.29 is 13.5 Å². The molecule has 6 nitrogen and oxygen atoms in total. The maximum absolute atomic E-state index is 11.9. The number of nitrogens with zero attached hydrogens (tertiary/aromatic N) is 3. The largest absolute Gasteiger partial charge is 0.506 e. The Hall–Kier alpha value is -2.41. The Morgan fingerprint density at radius 1 is 1.24 bits per heavy atom. The second-order valence-corrected chi connectivity index (χ2v) is 6.77. The van der Waals surface area contributed by atoms with Crippen LogP contribution >= 0.6 is 0 Å². The number of imidazole rings is 1.